The molecular weight excluding hydrogens is 275 g/mol. The lowest BCUT2D eigenvalue weighted by molar-refractivity contribution is 0.660. The first-order valence-corrected chi connectivity index (χ1v) is 6.73. The monoisotopic (exact) mass is 292 g/mol. The summed E-state index contributed by atoms with van der Waals surface area (Å²) in [7, 11) is 1.97. The number of aryl methyl sites for hydroxylation is 2. The van der Waals surface area contributed by atoms with Gasteiger partial charge in [-0.25, -0.2) is 0 Å². The van der Waals surface area contributed by atoms with Crippen LogP contribution in [0.15, 0.2) is 0 Å². The Bertz CT molecular complexity index is 323. The van der Waals surface area contributed by atoms with Crippen LogP contribution in [0.2, 0.25) is 5.02 Å². The number of halogens is 2. The second kappa shape index (κ2) is 5.90. The Hall–Kier alpha value is -0.0200. The lowest BCUT2D eigenvalue weighted by Gasteiger charge is -2.06. The zero-order valence-electron chi connectivity index (χ0n) is 9.56. The first-order valence-electron chi connectivity index (χ1n) is 5.44. The van der Waals surface area contributed by atoms with Crippen LogP contribution in [-0.2, 0) is 19.9 Å². The molecule has 1 heterocycles. The molecule has 0 fully saturated rings. The van der Waals surface area contributed by atoms with Gasteiger partial charge in [-0.05, 0) is 25.7 Å². The highest BCUT2D eigenvalue weighted by Gasteiger charge is 2.13. The molecule has 1 rings (SSSR count). The van der Waals surface area contributed by atoms with Crippen LogP contribution in [0.5, 0.6) is 0 Å². The molecular formula is C11H18BrClN2. The quantitative estimate of drug-likeness (QED) is 0.756. The lowest BCUT2D eigenvalue weighted by Crippen LogP contribution is -2.03. The maximum atomic E-state index is 6.26. The third kappa shape index (κ3) is 3.22. The van der Waals surface area contributed by atoms with E-state index in [0.717, 1.165) is 42.1 Å². The summed E-state index contributed by atoms with van der Waals surface area (Å²) in [6.07, 6.45) is 4.15. The van der Waals surface area contributed by atoms with E-state index in [2.05, 4.69) is 34.9 Å². The summed E-state index contributed by atoms with van der Waals surface area (Å²) in [5.41, 5.74) is 2.17. The Morgan fingerprint density at radius 3 is 2.60 bits per heavy atom. The summed E-state index contributed by atoms with van der Waals surface area (Å²) < 4.78 is 1.91. The van der Waals surface area contributed by atoms with E-state index in [1.165, 1.54) is 0 Å². The first kappa shape index (κ1) is 13.0. The molecule has 0 amide bonds. The van der Waals surface area contributed by atoms with Crippen LogP contribution < -0.4 is 0 Å². The summed E-state index contributed by atoms with van der Waals surface area (Å²) in [5, 5.41) is 5.26. The molecule has 1 aromatic rings. The minimum Gasteiger partial charge on any atom is -0.271 e. The van der Waals surface area contributed by atoms with Gasteiger partial charge in [-0.1, -0.05) is 41.4 Å². The summed E-state index contributed by atoms with van der Waals surface area (Å²) in [6.45, 7) is 4.26. The molecule has 86 valence electrons. The molecule has 4 heteroatoms. The fraction of sp³-hybridized carbons (Fsp3) is 0.727. The second-order valence-corrected chi connectivity index (χ2v) is 5.40. The van der Waals surface area contributed by atoms with E-state index < -0.39 is 0 Å². The van der Waals surface area contributed by atoms with Crippen molar-refractivity contribution in [2.24, 2.45) is 7.05 Å². The van der Waals surface area contributed by atoms with Gasteiger partial charge in [-0.3, -0.25) is 4.68 Å². The Morgan fingerprint density at radius 2 is 2.13 bits per heavy atom. The number of hydrogen-bond donors (Lipinski definition) is 0. The Kier molecular flexibility index (Phi) is 5.13. The molecule has 15 heavy (non-hydrogen) atoms. The lowest BCUT2D eigenvalue weighted by atomic mass is 10.1. The van der Waals surface area contributed by atoms with E-state index in [4.69, 9.17) is 11.6 Å². The van der Waals surface area contributed by atoms with Crippen LogP contribution >= 0.6 is 27.5 Å². The van der Waals surface area contributed by atoms with Gasteiger partial charge < -0.3 is 0 Å². The predicted molar refractivity (Wildman–Crippen MR) is 68.9 cm³/mol. The molecule has 0 radical (unpaired) electrons. The minimum absolute atomic E-state index is 0.577. The maximum Gasteiger partial charge on any atom is 0.0849 e. The largest absolute Gasteiger partial charge is 0.271 e. The van der Waals surface area contributed by atoms with Crippen LogP contribution in [0, 0.1) is 0 Å². The highest BCUT2D eigenvalue weighted by atomic mass is 79.9. The molecule has 0 aliphatic rings. The van der Waals surface area contributed by atoms with Crippen molar-refractivity contribution in [3.05, 3.63) is 16.4 Å². The molecule has 0 aliphatic heterocycles. The fourth-order valence-electron chi connectivity index (χ4n) is 1.59. The zero-order chi connectivity index (χ0) is 11.4. The van der Waals surface area contributed by atoms with Crippen molar-refractivity contribution in [3.63, 3.8) is 0 Å². The van der Waals surface area contributed by atoms with Gasteiger partial charge in [0.2, 0.25) is 0 Å². The molecule has 0 saturated heterocycles. The summed E-state index contributed by atoms with van der Waals surface area (Å²) in [5.74, 6) is 0. The number of hydrogen-bond acceptors (Lipinski definition) is 1. The standard InChI is InChI=1S/C11H18BrClN2/c1-4-8(12)6-7-10-11(13)9(5-2)14-15(10)3/h8H,4-7H2,1-3H3. The van der Waals surface area contributed by atoms with E-state index in [1.807, 2.05) is 11.7 Å². The van der Waals surface area contributed by atoms with Gasteiger partial charge in [0, 0.05) is 11.9 Å². The number of nitrogens with zero attached hydrogens (tertiary/aromatic N) is 2. The van der Waals surface area contributed by atoms with Crippen molar-refractivity contribution in [2.75, 3.05) is 0 Å². The van der Waals surface area contributed by atoms with Crippen molar-refractivity contribution in [1.29, 1.82) is 0 Å². The van der Waals surface area contributed by atoms with Gasteiger partial charge >= 0.3 is 0 Å². The SMILES string of the molecule is CCc1nn(C)c(CCC(Br)CC)c1Cl. The summed E-state index contributed by atoms with van der Waals surface area (Å²) in [6, 6.07) is 0. The van der Waals surface area contributed by atoms with Gasteiger partial charge in [-0.2, -0.15) is 5.10 Å². The highest BCUT2D eigenvalue weighted by Crippen LogP contribution is 2.23. The molecule has 0 saturated carbocycles. The Morgan fingerprint density at radius 1 is 1.47 bits per heavy atom. The second-order valence-electron chi connectivity index (χ2n) is 3.73. The molecule has 1 unspecified atom stereocenters. The molecule has 0 bridgehead atoms. The smallest absolute Gasteiger partial charge is 0.0849 e. The third-order valence-corrected chi connectivity index (χ3v) is 4.18. The summed E-state index contributed by atoms with van der Waals surface area (Å²) in [4.78, 5) is 0.577. The number of alkyl halides is 1. The summed E-state index contributed by atoms with van der Waals surface area (Å²) >= 11 is 9.89. The van der Waals surface area contributed by atoms with E-state index in [1.54, 1.807) is 0 Å². The molecule has 1 aromatic heterocycles. The molecule has 0 aliphatic carbocycles. The first-order chi connectivity index (χ1) is 7.10. The Labute approximate surface area is 105 Å². The van der Waals surface area contributed by atoms with Gasteiger partial charge in [0.15, 0.2) is 0 Å². The Balaban J connectivity index is 2.72. The maximum absolute atomic E-state index is 6.26. The van der Waals surface area contributed by atoms with Crippen LogP contribution in [0.1, 0.15) is 38.1 Å². The van der Waals surface area contributed by atoms with E-state index >= 15 is 0 Å². The molecule has 0 spiro atoms. The van der Waals surface area contributed by atoms with Crippen molar-refractivity contribution in [1.82, 2.24) is 9.78 Å². The molecule has 1 atom stereocenters. The average Bonchev–Trinajstić information content (AvgIpc) is 2.51. The highest BCUT2D eigenvalue weighted by molar-refractivity contribution is 9.09. The zero-order valence-corrected chi connectivity index (χ0v) is 11.9. The van der Waals surface area contributed by atoms with Crippen molar-refractivity contribution >= 4 is 27.5 Å². The number of aromatic nitrogens is 2. The van der Waals surface area contributed by atoms with E-state index in [0.29, 0.717) is 4.83 Å². The normalized spacial score (nSPS) is 13.1. The molecule has 0 N–H and O–H groups in total. The van der Waals surface area contributed by atoms with Crippen LogP contribution in [0.4, 0.5) is 0 Å². The van der Waals surface area contributed by atoms with Crippen LogP contribution in [-0.4, -0.2) is 14.6 Å². The van der Waals surface area contributed by atoms with Crippen LogP contribution in [0.3, 0.4) is 0 Å². The van der Waals surface area contributed by atoms with E-state index in [-0.39, 0.29) is 0 Å². The molecule has 2 nitrogen and oxygen atoms in total. The van der Waals surface area contributed by atoms with Crippen molar-refractivity contribution < 1.29 is 0 Å². The minimum atomic E-state index is 0.577. The van der Waals surface area contributed by atoms with Gasteiger partial charge in [0.05, 0.1) is 16.4 Å². The number of rotatable bonds is 5. The van der Waals surface area contributed by atoms with Crippen LogP contribution in [0.25, 0.3) is 0 Å². The molecule has 0 aromatic carbocycles. The van der Waals surface area contributed by atoms with E-state index in [9.17, 15) is 0 Å². The predicted octanol–water partition coefficient (Wildman–Crippen LogP) is 3.74. The van der Waals surface area contributed by atoms with Crippen molar-refractivity contribution in [3.8, 4) is 0 Å². The van der Waals surface area contributed by atoms with Gasteiger partial charge in [0.1, 0.15) is 0 Å². The topological polar surface area (TPSA) is 17.8 Å². The van der Waals surface area contributed by atoms with Crippen molar-refractivity contribution in [2.45, 2.75) is 44.4 Å². The average molecular weight is 294 g/mol. The van der Waals surface area contributed by atoms with Gasteiger partial charge in [-0.15, -0.1) is 0 Å². The third-order valence-electron chi connectivity index (χ3n) is 2.64. The van der Waals surface area contributed by atoms with Gasteiger partial charge in [0.25, 0.3) is 0 Å². The fourth-order valence-corrected chi connectivity index (χ4v) is 2.21.